The van der Waals surface area contributed by atoms with E-state index in [1.165, 1.54) is 0 Å². The smallest absolute Gasteiger partial charge is 0.137 e. The van der Waals surface area contributed by atoms with Gasteiger partial charge in [0.25, 0.3) is 0 Å². The first-order valence-electron chi connectivity index (χ1n) is 5.42. The van der Waals surface area contributed by atoms with Crippen molar-refractivity contribution in [2.75, 3.05) is 0 Å². The van der Waals surface area contributed by atoms with Crippen molar-refractivity contribution in [3.8, 4) is 0 Å². The van der Waals surface area contributed by atoms with Crippen molar-refractivity contribution in [3.63, 3.8) is 0 Å². The molecule has 0 aliphatic heterocycles. The van der Waals surface area contributed by atoms with Gasteiger partial charge >= 0.3 is 0 Å². The van der Waals surface area contributed by atoms with Crippen molar-refractivity contribution in [2.45, 2.75) is 13.1 Å². The summed E-state index contributed by atoms with van der Waals surface area (Å²) < 4.78 is 2.03. The molecule has 3 heterocycles. The van der Waals surface area contributed by atoms with E-state index in [0.29, 0.717) is 0 Å². The minimum atomic E-state index is 0.763. The van der Waals surface area contributed by atoms with Gasteiger partial charge in [0.2, 0.25) is 0 Å². The van der Waals surface area contributed by atoms with Crippen LogP contribution in [0.15, 0.2) is 41.5 Å². The Morgan fingerprint density at radius 3 is 3.00 bits per heavy atom. The van der Waals surface area contributed by atoms with Gasteiger partial charge < -0.3 is 9.72 Å². The van der Waals surface area contributed by atoms with Crippen LogP contribution in [0.2, 0.25) is 0 Å². The molecule has 4 nitrogen and oxygen atoms in total. The van der Waals surface area contributed by atoms with Gasteiger partial charge in [-0.2, -0.15) is 0 Å². The maximum absolute atomic E-state index is 4.51. The molecule has 0 aliphatic rings. The van der Waals surface area contributed by atoms with Gasteiger partial charge in [-0.25, -0.2) is 9.97 Å². The van der Waals surface area contributed by atoms with Crippen LogP contribution in [0.4, 0.5) is 0 Å². The number of pyridine rings is 1. The molecule has 1 N–H and O–H groups in total. The molecule has 0 aliphatic carbocycles. The molecule has 86 valence electrons. The second kappa shape index (κ2) is 4.65. The lowest BCUT2D eigenvalue weighted by atomic mass is 10.4. The van der Waals surface area contributed by atoms with E-state index in [0.717, 1.165) is 30.1 Å². The van der Waals surface area contributed by atoms with Crippen molar-refractivity contribution in [3.05, 3.63) is 52.9 Å². The molecule has 0 bridgehead atoms. The maximum atomic E-state index is 4.51. The number of hydrogen-bond donors (Lipinski definition) is 1. The fourth-order valence-electron chi connectivity index (χ4n) is 1.72. The number of aromatic nitrogens is 3. The Morgan fingerprint density at radius 1 is 1.24 bits per heavy atom. The third-order valence-corrected chi connectivity index (χ3v) is 3.14. The number of imidazole rings is 1. The van der Waals surface area contributed by atoms with Gasteiger partial charge in [-0.1, -0.05) is 6.07 Å². The number of nitrogens with one attached hydrogen (secondary N) is 1. The van der Waals surface area contributed by atoms with Crippen molar-refractivity contribution in [1.29, 1.82) is 0 Å². The first kappa shape index (κ1) is 10.4. The van der Waals surface area contributed by atoms with Gasteiger partial charge in [0.05, 0.1) is 16.9 Å². The highest BCUT2D eigenvalue weighted by Crippen LogP contribution is 2.05. The first-order valence-corrected chi connectivity index (χ1v) is 6.36. The predicted octanol–water partition coefficient (Wildman–Crippen LogP) is 2.08. The molecule has 17 heavy (non-hydrogen) atoms. The van der Waals surface area contributed by atoms with Gasteiger partial charge in [-0.3, -0.25) is 0 Å². The number of nitrogens with zero attached hydrogens (tertiary/aromatic N) is 3. The quantitative estimate of drug-likeness (QED) is 0.764. The molecule has 0 fully saturated rings. The summed E-state index contributed by atoms with van der Waals surface area (Å²) >= 11 is 1.62. The van der Waals surface area contributed by atoms with E-state index in [1.54, 1.807) is 11.3 Å². The summed E-state index contributed by atoms with van der Waals surface area (Å²) in [4.78, 5) is 8.73. The molecule has 0 aromatic carbocycles. The normalized spacial score (nSPS) is 11.1. The zero-order valence-corrected chi connectivity index (χ0v) is 10.0. The zero-order chi connectivity index (χ0) is 11.5. The van der Waals surface area contributed by atoms with E-state index in [-0.39, 0.29) is 0 Å². The van der Waals surface area contributed by atoms with Crippen molar-refractivity contribution < 1.29 is 0 Å². The van der Waals surface area contributed by atoms with Gasteiger partial charge in [-0.15, -0.1) is 11.3 Å². The molecule has 0 saturated carbocycles. The molecule has 0 unspecified atom stereocenters. The van der Waals surface area contributed by atoms with Gasteiger partial charge in [-0.05, 0) is 12.1 Å². The van der Waals surface area contributed by atoms with Crippen LogP contribution < -0.4 is 5.32 Å². The molecule has 5 heteroatoms. The topological polar surface area (TPSA) is 42.2 Å². The molecule has 0 saturated heterocycles. The third-order valence-electron chi connectivity index (χ3n) is 2.51. The van der Waals surface area contributed by atoms with Crippen molar-refractivity contribution in [2.24, 2.45) is 0 Å². The highest BCUT2D eigenvalue weighted by Gasteiger charge is 2.00. The Labute approximate surface area is 103 Å². The lowest BCUT2D eigenvalue weighted by Gasteiger charge is -1.98. The summed E-state index contributed by atoms with van der Waals surface area (Å²) in [5.74, 6) is 0. The molecule has 0 atom stereocenters. The summed E-state index contributed by atoms with van der Waals surface area (Å²) in [6.45, 7) is 1.55. The highest BCUT2D eigenvalue weighted by molar-refractivity contribution is 7.07. The Kier molecular flexibility index (Phi) is 2.85. The molecule has 3 aromatic rings. The summed E-state index contributed by atoms with van der Waals surface area (Å²) in [5.41, 5.74) is 4.96. The van der Waals surface area contributed by atoms with E-state index in [4.69, 9.17) is 0 Å². The highest BCUT2D eigenvalue weighted by atomic mass is 32.1. The van der Waals surface area contributed by atoms with E-state index >= 15 is 0 Å². The minimum absolute atomic E-state index is 0.763. The Bertz CT molecular complexity index is 567. The van der Waals surface area contributed by atoms with Crippen LogP contribution >= 0.6 is 11.3 Å². The average Bonchev–Trinajstić information content (AvgIpc) is 2.96. The van der Waals surface area contributed by atoms with Crippen molar-refractivity contribution in [1.82, 2.24) is 19.7 Å². The fourth-order valence-corrected chi connectivity index (χ4v) is 2.27. The van der Waals surface area contributed by atoms with Crippen LogP contribution in [0.25, 0.3) is 5.65 Å². The number of fused-ring (bicyclic) bond motifs is 1. The summed E-state index contributed by atoms with van der Waals surface area (Å²) in [7, 11) is 0. The molecule has 3 aromatic heterocycles. The summed E-state index contributed by atoms with van der Waals surface area (Å²) in [6.07, 6.45) is 4.05. The SMILES string of the molecule is c1ccn2cc(CNCc3cscn3)nc2c1. The molecule has 0 spiro atoms. The Balaban J connectivity index is 1.65. The Hall–Kier alpha value is -1.72. The van der Waals surface area contributed by atoms with Crippen LogP contribution in [0.3, 0.4) is 0 Å². The van der Waals surface area contributed by atoms with Crippen molar-refractivity contribution >= 4 is 17.0 Å². The standard InChI is InChI=1S/C12H12N4S/c1-2-4-16-7-10(15-12(16)3-1)5-13-6-11-8-17-9-14-11/h1-4,7-9,13H,5-6H2. The van der Waals surface area contributed by atoms with Gasteiger partial charge in [0, 0.05) is 30.9 Å². The van der Waals surface area contributed by atoms with E-state index in [1.807, 2.05) is 40.5 Å². The second-order valence-electron chi connectivity index (χ2n) is 3.78. The summed E-state index contributed by atoms with van der Waals surface area (Å²) in [6, 6.07) is 6.00. The van der Waals surface area contributed by atoms with Crippen LogP contribution in [-0.4, -0.2) is 14.4 Å². The molecular formula is C12H12N4S. The second-order valence-corrected chi connectivity index (χ2v) is 4.50. The van der Waals surface area contributed by atoms with Crippen LogP contribution in [0, 0.1) is 0 Å². The predicted molar refractivity (Wildman–Crippen MR) is 67.8 cm³/mol. The monoisotopic (exact) mass is 244 g/mol. The largest absolute Gasteiger partial charge is 0.307 e. The molecule has 0 radical (unpaired) electrons. The molecule has 0 amide bonds. The first-order chi connectivity index (χ1) is 8.42. The lowest BCUT2D eigenvalue weighted by molar-refractivity contribution is 0.673. The maximum Gasteiger partial charge on any atom is 0.137 e. The van der Waals surface area contributed by atoms with Crippen LogP contribution in [0.5, 0.6) is 0 Å². The third kappa shape index (κ3) is 2.35. The lowest BCUT2D eigenvalue weighted by Crippen LogP contribution is -2.12. The van der Waals surface area contributed by atoms with Crippen LogP contribution in [-0.2, 0) is 13.1 Å². The average molecular weight is 244 g/mol. The summed E-state index contributed by atoms with van der Waals surface area (Å²) in [5, 5.41) is 5.39. The number of thiazole rings is 1. The fraction of sp³-hybridized carbons (Fsp3) is 0.167. The zero-order valence-electron chi connectivity index (χ0n) is 9.21. The van der Waals surface area contributed by atoms with E-state index in [2.05, 4.69) is 20.7 Å². The molecule has 3 rings (SSSR count). The van der Waals surface area contributed by atoms with Gasteiger partial charge in [0.1, 0.15) is 5.65 Å². The molecular weight excluding hydrogens is 232 g/mol. The van der Waals surface area contributed by atoms with Crippen LogP contribution in [0.1, 0.15) is 11.4 Å². The number of rotatable bonds is 4. The Morgan fingerprint density at radius 2 is 2.18 bits per heavy atom. The van der Waals surface area contributed by atoms with E-state index < -0.39 is 0 Å². The number of hydrogen-bond acceptors (Lipinski definition) is 4. The van der Waals surface area contributed by atoms with Gasteiger partial charge in [0.15, 0.2) is 0 Å². The minimum Gasteiger partial charge on any atom is -0.307 e. The van der Waals surface area contributed by atoms with E-state index in [9.17, 15) is 0 Å².